The van der Waals surface area contributed by atoms with Gasteiger partial charge >= 0.3 is 5.97 Å². The second-order valence-corrected chi connectivity index (χ2v) is 5.06. The van der Waals surface area contributed by atoms with Gasteiger partial charge < -0.3 is 15.8 Å². The van der Waals surface area contributed by atoms with Crippen molar-refractivity contribution >= 4 is 28.3 Å². The van der Waals surface area contributed by atoms with E-state index in [1.54, 1.807) is 11.1 Å². The van der Waals surface area contributed by atoms with Gasteiger partial charge in [0.1, 0.15) is 6.04 Å². The quantitative estimate of drug-likeness (QED) is 0.698. The third kappa shape index (κ3) is 2.77. The predicted octanol–water partition coefficient (Wildman–Crippen LogP) is -0.801. The first-order chi connectivity index (χ1) is 8.60. The Kier molecular flexibility index (Phi) is 3.78. The highest BCUT2D eigenvalue weighted by Gasteiger charge is 2.32. The van der Waals surface area contributed by atoms with E-state index in [0.717, 1.165) is 4.88 Å². The number of rotatable bonds is 3. The largest absolute Gasteiger partial charge is 0.468 e. The molecule has 1 amide bonds. The number of esters is 1. The van der Waals surface area contributed by atoms with Crippen molar-refractivity contribution in [3.05, 3.63) is 11.1 Å². The van der Waals surface area contributed by atoms with Gasteiger partial charge in [-0.15, -0.1) is 11.3 Å². The second-order valence-electron chi connectivity index (χ2n) is 3.91. The maximum absolute atomic E-state index is 11.6. The SMILES string of the molecule is COC(=O)C1CNC(=O)CN1Cc1cnc(N)s1. The van der Waals surface area contributed by atoms with Crippen LogP contribution in [0.15, 0.2) is 6.20 Å². The fourth-order valence-corrected chi connectivity index (χ4v) is 2.53. The summed E-state index contributed by atoms with van der Waals surface area (Å²) in [5.74, 6) is -0.458. The standard InChI is InChI=1S/C10H14N4O3S/c1-17-9(16)7-3-12-8(15)5-14(7)4-6-2-13-10(11)18-6/h2,7H,3-5H2,1H3,(H2,11,13)(H,12,15). The molecule has 1 aromatic heterocycles. The first kappa shape index (κ1) is 12.8. The number of thiazole rings is 1. The molecule has 0 spiro atoms. The van der Waals surface area contributed by atoms with Gasteiger partial charge in [-0.2, -0.15) is 0 Å². The van der Waals surface area contributed by atoms with Crippen molar-refractivity contribution in [1.29, 1.82) is 0 Å². The average molecular weight is 270 g/mol. The van der Waals surface area contributed by atoms with Crippen LogP contribution in [0.5, 0.6) is 0 Å². The van der Waals surface area contributed by atoms with E-state index in [9.17, 15) is 9.59 Å². The predicted molar refractivity (Wildman–Crippen MR) is 65.8 cm³/mol. The molecule has 1 saturated heterocycles. The van der Waals surface area contributed by atoms with Crippen LogP contribution in [0.4, 0.5) is 5.13 Å². The van der Waals surface area contributed by atoms with Crippen molar-refractivity contribution in [2.45, 2.75) is 12.6 Å². The van der Waals surface area contributed by atoms with Crippen LogP contribution < -0.4 is 11.1 Å². The fourth-order valence-electron chi connectivity index (χ4n) is 1.82. The summed E-state index contributed by atoms with van der Waals surface area (Å²) in [4.78, 5) is 29.6. The van der Waals surface area contributed by atoms with E-state index in [2.05, 4.69) is 10.3 Å². The van der Waals surface area contributed by atoms with Crippen molar-refractivity contribution in [1.82, 2.24) is 15.2 Å². The number of carbonyl (C=O) groups is 2. The number of nitrogens with zero attached hydrogens (tertiary/aromatic N) is 2. The highest BCUT2D eigenvalue weighted by atomic mass is 32.1. The van der Waals surface area contributed by atoms with E-state index in [1.807, 2.05) is 0 Å². The number of nitrogens with two attached hydrogens (primary N) is 1. The van der Waals surface area contributed by atoms with Gasteiger partial charge in [0.15, 0.2) is 5.13 Å². The maximum atomic E-state index is 11.6. The van der Waals surface area contributed by atoms with Crippen LogP contribution >= 0.6 is 11.3 Å². The van der Waals surface area contributed by atoms with Crippen molar-refractivity contribution in [2.75, 3.05) is 25.9 Å². The minimum Gasteiger partial charge on any atom is -0.468 e. The lowest BCUT2D eigenvalue weighted by atomic mass is 10.2. The molecular formula is C10H14N4O3S. The molecule has 0 radical (unpaired) electrons. The molecule has 8 heteroatoms. The van der Waals surface area contributed by atoms with Crippen molar-refractivity contribution in [3.63, 3.8) is 0 Å². The van der Waals surface area contributed by atoms with Crippen LogP contribution in [-0.2, 0) is 20.9 Å². The van der Waals surface area contributed by atoms with E-state index in [4.69, 9.17) is 10.5 Å². The molecule has 1 aromatic rings. The third-order valence-corrected chi connectivity index (χ3v) is 3.49. The lowest BCUT2D eigenvalue weighted by molar-refractivity contribution is -0.149. The Morgan fingerprint density at radius 1 is 1.78 bits per heavy atom. The van der Waals surface area contributed by atoms with Crippen molar-refractivity contribution in [2.24, 2.45) is 0 Å². The van der Waals surface area contributed by atoms with E-state index in [0.29, 0.717) is 11.7 Å². The van der Waals surface area contributed by atoms with Crippen LogP contribution in [0.25, 0.3) is 0 Å². The molecule has 0 aromatic carbocycles. The number of aromatic nitrogens is 1. The van der Waals surface area contributed by atoms with E-state index >= 15 is 0 Å². The van der Waals surface area contributed by atoms with Gasteiger partial charge in [-0.1, -0.05) is 0 Å². The normalized spacial score (nSPS) is 20.5. The molecule has 1 atom stereocenters. The minimum absolute atomic E-state index is 0.104. The Balaban J connectivity index is 2.10. The highest BCUT2D eigenvalue weighted by Crippen LogP contribution is 2.19. The molecule has 1 aliphatic rings. The molecule has 0 aliphatic carbocycles. The van der Waals surface area contributed by atoms with Gasteiger partial charge in [0, 0.05) is 24.2 Å². The molecule has 1 aliphatic heterocycles. The van der Waals surface area contributed by atoms with Gasteiger partial charge in [0.2, 0.25) is 5.91 Å². The Hall–Kier alpha value is -1.67. The van der Waals surface area contributed by atoms with Crippen molar-refractivity contribution in [3.8, 4) is 0 Å². The number of nitrogens with one attached hydrogen (secondary N) is 1. The number of hydrogen-bond acceptors (Lipinski definition) is 7. The molecule has 0 bridgehead atoms. The lowest BCUT2D eigenvalue weighted by Crippen LogP contribution is -2.57. The third-order valence-electron chi connectivity index (χ3n) is 2.68. The Labute approximate surface area is 108 Å². The van der Waals surface area contributed by atoms with Crippen LogP contribution in [0.3, 0.4) is 0 Å². The van der Waals surface area contributed by atoms with Crippen LogP contribution in [0.1, 0.15) is 4.88 Å². The average Bonchev–Trinajstić information content (AvgIpc) is 2.74. The maximum Gasteiger partial charge on any atom is 0.324 e. The summed E-state index contributed by atoms with van der Waals surface area (Å²) < 4.78 is 4.73. The first-order valence-corrected chi connectivity index (χ1v) is 6.20. The fraction of sp³-hybridized carbons (Fsp3) is 0.500. The molecule has 0 saturated carbocycles. The summed E-state index contributed by atoms with van der Waals surface area (Å²) in [6.07, 6.45) is 1.65. The zero-order valence-electron chi connectivity index (χ0n) is 9.88. The summed E-state index contributed by atoms with van der Waals surface area (Å²) in [6.45, 7) is 0.888. The molecular weight excluding hydrogens is 256 g/mol. The van der Waals surface area contributed by atoms with Crippen LogP contribution in [-0.4, -0.2) is 48.0 Å². The summed E-state index contributed by atoms with van der Waals surface area (Å²) in [6, 6.07) is -0.462. The smallest absolute Gasteiger partial charge is 0.324 e. The number of nitrogen functional groups attached to an aromatic ring is 1. The molecule has 18 heavy (non-hydrogen) atoms. The molecule has 7 nitrogen and oxygen atoms in total. The zero-order chi connectivity index (χ0) is 13.1. The van der Waals surface area contributed by atoms with E-state index in [-0.39, 0.29) is 25.0 Å². The number of carbonyl (C=O) groups excluding carboxylic acids is 2. The number of ether oxygens (including phenoxy) is 1. The summed E-state index contributed by atoms with van der Waals surface area (Å²) >= 11 is 1.35. The van der Waals surface area contributed by atoms with Crippen molar-refractivity contribution < 1.29 is 14.3 Å². The number of hydrogen-bond donors (Lipinski definition) is 2. The molecule has 1 unspecified atom stereocenters. The summed E-state index contributed by atoms with van der Waals surface area (Å²) in [5.41, 5.74) is 5.55. The molecule has 2 heterocycles. The monoisotopic (exact) mass is 270 g/mol. The minimum atomic E-state index is -0.462. The molecule has 98 valence electrons. The van der Waals surface area contributed by atoms with Gasteiger partial charge in [0.25, 0.3) is 0 Å². The topological polar surface area (TPSA) is 97.5 Å². The lowest BCUT2D eigenvalue weighted by Gasteiger charge is -2.32. The van der Waals surface area contributed by atoms with Gasteiger partial charge in [-0.25, -0.2) is 4.98 Å². The molecule has 1 fully saturated rings. The Bertz CT molecular complexity index is 462. The van der Waals surface area contributed by atoms with Crippen LogP contribution in [0.2, 0.25) is 0 Å². The first-order valence-electron chi connectivity index (χ1n) is 5.39. The van der Waals surface area contributed by atoms with Crippen LogP contribution in [0, 0.1) is 0 Å². The second kappa shape index (κ2) is 5.32. The number of amides is 1. The van der Waals surface area contributed by atoms with Gasteiger partial charge in [-0.05, 0) is 0 Å². The Morgan fingerprint density at radius 2 is 2.56 bits per heavy atom. The van der Waals surface area contributed by atoms with Gasteiger partial charge in [-0.3, -0.25) is 14.5 Å². The number of methoxy groups -OCH3 is 1. The Morgan fingerprint density at radius 3 is 3.17 bits per heavy atom. The number of piperazine rings is 1. The zero-order valence-corrected chi connectivity index (χ0v) is 10.7. The summed E-state index contributed by atoms with van der Waals surface area (Å²) in [7, 11) is 1.33. The summed E-state index contributed by atoms with van der Waals surface area (Å²) in [5, 5.41) is 3.12. The number of anilines is 1. The van der Waals surface area contributed by atoms with E-state index in [1.165, 1.54) is 18.4 Å². The molecule has 3 N–H and O–H groups in total. The molecule has 2 rings (SSSR count). The van der Waals surface area contributed by atoms with E-state index < -0.39 is 6.04 Å². The highest BCUT2D eigenvalue weighted by molar-refractivity contribution is 7.15. The van der Waals surface area contributed by atoms with Gasteiger partial charge in [0.05, 0.1) is 13.7 Å².